The van der Waals surface area contributed by atoms with E-state index in [0.29, 0.717) is 11.5 Å². The van der Waals surface area contributed by atoms with E-state index >= 15 is 0 Å². The first-order chi connectivity index (χ1) is 5.69. The largest absolute Gasteiger partial charge is 0.508 e. The number of hydrogen-bond donors (Lipinski definition) is 1. The molecule has 0 aromatic heterocycles. The van der Waals surface area contributed by atoms with Crippen LogP contribution in [0.25, 0.3) is 0 Å². The summed E-state index contributed by atoms with van der Waals surface area (Å²) in [6.07, 6.45) is 0. The van der Waals surface area contributed by atoms with Gasteiger partial charge in [0.25, 0.3) is 0 Å². The summed E-state index contributed by atoms with van der Waals surface area (Å²) in [5.74, 6) is 0.886. The van der Waals surface area contributed by atoms with Gasteiger partial charge in [-0.25, -0.2) is 0 Å². The lowest BCUT2D eigenvalue weighted by molar-refractivity contribution is 0.388. The Hall–Kier alpha value is -1.32. The van der Waals surface area contributed by atoms with Crippen molar-refractivity contribution >= 4 is 13.3 Å². The molecule has 0 unspecified atom stereocenters. The Morgan fingerprint density at radius 3 is 2.42 bits per heavy atom. The van der Waals surface area contributed by atoms with Crippen LogP contribution < -0.4 is 14.9 Å². The van der Waals surface area contributed by atoms with Crippen molar-refractivity contribution < 1.29 is 14.6 Å². The molecule has 0 saturated heterocycles. The van der Waals surface area contributed by atoms with Gasteiger partial charge in [-0.2, -0.15) is 0 Å². The summed E-state index contributed by atoms with van der Waals surface area (Å²) in [7, 11) is 8.47. The SMILES string of the molecule is [B]c1c(O)cc(OC)cc1OC. The molecule has 3 nitrogen and oxygen atoms in total. The predicted octanol–water partition coefficient (Wildman–Crippen LogP) is 0.203. The molecular formula is C8H9BO3. The third kappa shape index (κ3) is 1.47. The highest BCUT2D eigenvalue weighted by Gasteiger charge is 2.05. The first kappa shape index (κ1) is 8.78. The van der Waals surface area contributed by atoms with Gasteiger partial charge in [-0.05, 0) is 5.46 Å². The lowest BCUT2D eigenvalue weighted by Crippen LogP contribution is -2.07. The van der Waals surface area contributed by atoms with Crippen molar-refractivity contribution in [2.24, 2.45) is 0 Å². The van der Waals surface area contributed by atoms with Gasteiger partial charge in [-0.3, -0.25) is 0 Å². The van der Waals surface area contributed by atoms with Crippen molar-refractivity contribution in [3.8, 4) is 17.2 Å². The minimum atomic E-state index is -0.0359. The van der Waals surface area contributed by atoms with E-state index in [2.05, 4.69) is 0 Å². The molecule has 0 fully saturated rings. The summed E-state index contributed by atoms with van der Waals surface area (Å²) in [5.41, 5.74) is 0.221. The molecule has 0 aliphatic heterocycles. The fourth-order valence-corrected chi connectivity index (χ4v) is 0.874. The van der Waals surface area contributed by atoms with E-state index in [1.54, 1.807) is 6.07 Å². The van der Waals surface area contributed by atoms with Crippen LogP contribution >= 0.6 is 0 Å². The average molecular weight is 164 g/mol. The van der Waals surface area contributed by atoms with E-state index in [-0.39, 0.29) is 11.2 Å². The summed E-state index contributed by atoms with van der Waals surface area (Å²) >= 11 is 0. The molecule has 1 rings (SSSR count). The van der Waals surface area contributed by atoms with Gasteiger partial charge in [-0.15, -0.1) is 0 Å². The molecule has 0 amide bonds. The molecule has 12 heavy (non-hydrogen) atoms. The van der Waals surface area contributed by atoms with E-state index in [9.17, 15) is 5.11 Å². The lowest BCUT2D eigenvalue weighted by atomic mass is 9.93. The maximum Gasteiger partial charge on any atom is 0.126 e. The average Bonchev–Trinajstić information content (AvgIpc) is 2.09. The number of phenols is 1. The number of methoxy groups -OCH3 is 2. The number of aromatic hydroxyl groups is 1. The van der Waals surface area contributed by atoms with Crippen molar-refractivity contribution in [2.45, 2.75) is 0 Å². The Morgan fingerprint density at radius 1 is 1.25 bits per heavy atom. The van der Waals surface area contributed by atoms with Crippen LogP contribution in [-0.2, 0) is 0 Å². The number of phenolic OH excluding ortho intramolecular Hbond substituents is 1. The van der Waals surface area contributed by atoms with Gasteiger partial charge in [0.1, 0.15) is 25.1 Å². The van der Waals surface area contributed by atoms with Gasteiger partial charge in [-0.1, -0.05) is 0 Å². The van der Waals surface area contributed by atoms with Crippen LogP contribution in [0.2, 0.25) is 0 Å². The van der Waals surface area contributed by atoms with Gasteiger partial charge >= 0.3 is 0 Å². The zero-order chi connectivity index (χ0) is 9.14. The summed E-state index contributed by atoms with van der Waals surface area (Å²) < 4.78 is 9.80. The van der Waals surface area contributed by atoms with Crippen molar-refractivity contribution in [3.05, 3.63) is 12.1 Å². The number of hydrogen-bond acceptors (Lipinski definition) is 3. The second-order valence-electron chi connectivity index (χ2n) is 2.26. The molecule has 1 aromatic rings. The van der Waals surface area contributed by atoms with E-state index in [4.69, 9.17) is 17.3 Å². The molecule has 0 spiro atoms. The third-order valence-corrected chi connectivity index (χ3v) is 1.55. The highest BCUT2D eigenvalue weighted by atomic mass is 16.5. The van der Waals surface area contributed by atoms with Crippen LogP contribution in [0.5, 0.6) is 17.2 Å². The van der Waals surface area contributed by atoms with Crippen LogP contribution in [0.1, 0.15) is 0 Å². The molecule has 62 valence electrons. The highest BCUT2D eigenvalue weighted by molar-refractivity contribution is 6.36. The number of rotatable bonds is 2. The number of ether oxygens (including phenoxy) is 2. The maximum atomic E-state index is 9.26. The predicted molar refractivity (Wildman–Crippen MR) is 46.6 cm³/mol. The zero-order valence-electron chi connectivity index (χ0n) is 7.00. The van der Waals surface area contributed by atoms with Gasteiger partial charge in [0, 0.05) is 12.1 Å². The summed E-state index contributed by atoms with van der Waals surface area (Å²) in [6.45, 7) is 0. The molecule has 4 heteroatoms. The highest BCUT2D eigenvalue weighted by Crippen LogP contribution is 2.22. The van der Waals surface area contributed by atoms with Crippen molar-refractivity contribution in [2.75, 3.05) is 14.2 Å². The minimum Gasteiger partial charge on any atom is -0.508 e. The second kappa shape index (κ2) is 3.39. The Labute approximate surface area is 72.3 Å². The van der Waals surface area contributed by atoms with Gasteiger partial charge in [0.05, 0.1) is 14.2 Å². The van der Waals surface area contributed by atoms with Crippen LogP contribution in [0.4, 0.5) is 0 Å². The maximum absolute atomic E-state index is 9.26. The van der Waals surface area contributed by atoms with Crippen molar-refractivity contribution in [3.63, 3.8) is 0 Å². The molecule has 1 aromatic carbocycles. The smallest absolute Gasteiger partial charge is 0.126 e. The summed E-state index contributed by atoms with van der Waals surface area (Å²) in [5, 5.41) is 9.26. The molecule has 0 heterocycles. The topological polar surface area (TPSA) is 38.7 Å². The Balaban J connectivity index is 3.19. The monoisotopic (exact) mass is 164 g/mol. The Bertz CT molecular complexity index is 286. The third-order valence-electron chi connectivity index (χ3n) is 1.55. The lowest BCUT2D eigenvalue weighted by Gasteiger charge is -2.08. The molecule has 0 bridgehead atoms. The van der Waals surface area contributed by atoms with Gasteiger partial charge < -0.3 is 14.6 Å². The molecule has 1 N–H and O–H groups in total. The summed E-state index contributed by atoms with van der Waals surface area (Å²) in [6, 6.07) is 3.03. The first-order valence-electron chi connectivity index (χ1n) is 3.39. The molecule has 0 atom stereocenters. The fraction of sp³-hybridized carbons (Fsp3) is 0.250. The Morgan fingerprint density at radius 2 is 1.92 bits per heavy atom. The van der Waals surface area contributed by atoms with Crippen LogP contribution in [0.3, 0.4) is 0 Å². The standard InChI is InChI=1S/C8H9BO3/c1-11-5-3-6(10)8(9)7(4-5)12-2/h3-4,10H,1-2H3. The molecular weight excluding hydrogens is 155 g/mol. The normalized spacial score (nSPS) is 9.50. The summed E-state index contributed by atoms with van der Waals surface area (Å²) in [4.78, 5) is 0. The molecule has 0 saturated carbocycles. The fourth-order valence-electron chi connectivity index (χ4n) is 0.874. The zero-order valence-corrected chi connectivity index (χ0v) is 7.00. The Kier molecular flexibility index (Phi) is 2.48. The number of benzene rings is 1. The quantitative estimate of drug-likeness (QED) is 0.634. The van der Waals surface area contributed by atoms with E-state index in [1.165, 1.54) is 20.3 Å². The minimum absolute atomic E-state index is 0.0359. The van der Waals surface area contributed by atoms with Crippen molar-refractivity contribution in [1.82, 2.24) is 0 Å². The van der Waals surface area contributed by atoms with Gasteiger partial charge in [0.15, 0.2) is 0 Å². The van der Waals surface area contributed by atoms with E-state index < -0.39 is 0 Å². The van der Waals surface area contributed by atoms with Crippen molar-refractivity contribution in [1.29, 1.82) is 0 Å². The molecule has 0 aliphatic rings. The molecule has 2 radical (unpaired) electrons. The van der Waals surface area contributed by atoms with Crippen LogP contribution in [0, 0.1) is 0 Å². The van der Waals surface area contributed by atoms with E-state index in [0.717, 1.165) is 0 Å². The first-order valence-corrected chi connectivity index (χ1v) is 3.39. The van der Waals surface area contributed by atoms with Crippen LogP contribution in [0.15, 0.2) is 12.1 Å². The van der Waals surface area contributed by atoms with E-state index in [1.807, 2.05) is 0 Å². The van der Waals surface area contributed by atoms with Crippen LogP contribution in [-0.4, -0.2) is 27.2 Å². The van der Waals surface area contributed by atoms with Gasteiger partial charge in [0.2, 0.25) is 0 Å². The molecule has 0 aliphatic carbocycles. The second-order valence-corrected chi connectivity index (χ2v) is 2.26.